The minimum absolute atomic E-state index is 0.255. The second-order valence-electron chi connectivity index (χ2n) is 4.21. The lowest BCUT2D eigenvalue weighted by Gasteiger charge is -2.10. The highest BCUT2D eigenvalue weighted by molar-refractivity contribution is 5.95. The van der Waals surface area contributed by atoms with Gasteiger partial charge >= 0.3 is 5.97 Å². The molecular weight excluding hydrogens is 244 g/mol. The fourth-order valence-electron chi connectivity index (χ4n) is 1.73. The third-order valence-corrected chi connectivity index (χ3v) is 2.72. The number of anilines is 1. The number of hydrogen-bond acceptors (Lipinski definition) is 5. The molecule has 0 saturated heterocycles. The highest BCUT2D eigenvalue weighted by Gasteiger charge is 2.11. The first-order valence-electron chi connectivity index (χ1n) is 6.75. The Morgan fingerprint density at radius 2 is 2.16 bits per heavy atom. The Hall–Kier alpha value is -1.62. The molecule has 1 aromatic rings. The van der Waals surface area contributed by atoms with Gasteiger partial charge in [-0.1, -0.05) is 12.8 Å². The Morgan fingerprint density at radius 1 is 1.37 bits per heavy atom. The molecule has 0 aliphatic heterocycles. The Bertz CT molecular complexity index is 383. The average molecular weight is 266 g/mol. The standard InChI is InChI=1S/C14H22N2O3/c1-2-19-14(18)12-11-15-9-7-13(12)16-8-5-3-4-6-10-17/h7,9,11,17H,2-6,8,10H2,1H3,(H,15,16). The van der Waals surface area contributed by atoms with Gasteiger partial charge in [-0.05, 0) is 25.8 Å². The monoisotopic (exact) mass is 266 g/mol. The molecule has 5 heteroatoms. The summed E-state index contributed by atoms with van der Waals surface area (Å²) in [5.41, 5.74) is 1.23. The minimum Gasteiger partial charge on any atom is -0.462 e. The molecule has 0 aliphatic carbocycles. The first-order chi connectivity index (χ1) is 9.29. The van der Waals surface area contributed by atoms with Gasteiger partial charge < -0.3 is 15.2 Å². The molecule has 1 aromatic heterocycles. The maximum atomic E-state index is 11.7. The third-order valence-electron chi connectivity index (χ3n) is 2.72. The molecule has 0 aliphatic rings. The molecule has 0 saturated carbocycles. The van der Waals surface area contributed by atoms with E-state index in [1.54, 1.807) is 19.2 Å². The van der Waals surface area contributed by atoms with Gasteiger partial charge in [0.2, 0.25) is 0 Å². The summed E-state index contributed by atoms with van der Waals surface area (Å²) in [6.07, 6.45) is 7.11. The lowest BCUT2D eigenvalue weighted by atomic mass is 10.2. The molecule has 0 amide bonds. The topological polar surface area (TPSA) is 71.5 Å². The molecule has 1 rings (SSSR count). The molecule has 1 heterocycles. The van der Waals surface area contributed by atoms with Crippen LogP contribution in [0.1, 0.15) is 43.0 Å². The van der Waals surface area contributed by atoms with Crippen LogP contribution >= 0.6 is 0 Å². The summed E-state index contributed by atoms with van der Waals surface area (Å²) in [6.45, 7) is 3.18. The van der Waals surface area contributed by atoms with Gasteiger partial charge in [0.25, 0.3) is 0 Å². The SMILES string of the molecule is CCOC(=O)c1cnccc1NCCCCCCO. The van der Waals surface area contributed by atoms with E-state index in [1.807, 2.05) is 0 Å². The molecule has 0 spiro atoms. The Balaban J connectivity index is 2.42. The summed E-state index contributed by atoms with van der Waals surface area (Å²) in [5.74, 6) is -0.349. The van der Waals surface area contributed by atoms with Gasteiger partial charge in [-0.3, -0.25) is 4.98 Å². The van der Waals surface area contributed by atoms with Crippen molar-refractivity contribution in [2.24, 2.45) is 0 Å². The summed E-state index contributed by atoms with van der Waals surface area (Å²) in [6, 6.07) is 1.78. The summed E-state index contributed by atoms with van der Waals surface area (Å²) in [7, 11) is 0. The molecule has 0 fully saturated rings. The minimum atomic E-state index is -0.349. The van der Waals surface area contributed by atoms with Crippen LogP contribution in [-0.2, 0) is 4.74 Å². The van der Waals surface area contributed by atoms with Crippen molar-refractivity contribution in [3.8, 4) is 0 Å². The van der Waals surface area contributed by atoms with Gasteiger partial charge in [0.1, 0.15) is 5.56 Å². The number of aliphatic hydroxyl groups is 1. The van der Waals surface area contributed by atoms with Crippen LogP contribution in [0.5, 0.6) is 0 Å². The predicted octanol–water partition coefficient (Wildman–Crippen LogP) is 2.22. The Morgan fingerprint density at radius 3 is 2.89 bits per heavy atom. The number of aliphatic hydroxyl groups excluding tert-OH is 1. The molecular formula is C14H22N2O3. The van der Waals surface area contributed by atoms with Crippen LogP contribution in [0.2, 0.25) is 0 Å². The second kappa shape index (κ2) is 9.33. The van der Waals surface area contributed by atoms with E-state index in [9.17, 15) is 4.79 Å². The lowest BCUT2D eigenvalue weighted by molar-refractivity contribution is 0.0527. The third kappa shape index (κ3) is 5.70. The number of unbranched alkanes of at least 4 members (excludes halogenated alkanes) is 3. The summed E-state index contributed by atoms with van der Waals surface area (Å²) in [4.78, 5) is 15.7. The highest BCUT2D eigenvalue weighted by atomic mass is 16.5. The summed E-state index contributed by atoms with van der Waals surface area (Å²) in [5, 5.41) is 11.9. The van der Waals surface area contributed by atoms with Crippen molar-refractivity contribution in [3.05, 3.63) is 24.0 Å². The van der Waals surface area contributed by atoms with Crippen molar-refractivity contribution in [1.82, 2.24) is 4.98 Å². The van der Waals surface area contributed by atoms with Crippen LogP contribution in [-0.4, -0.2) is 35.8 Å². The number of esters is 1. The normalized spacial score (nSPS) is 10.2. The fraction of sp³-hybridized carbons (Fsp3) is 0.571. The van der Waals surface area contributed by atoms with Crippen LogP contribution in [0.4, 0.5) is 5.69 Å². The largest absolute Gasteiger partial charge is 0.462 e. The van der Waals surface area contributed by atoms with Crippen molar-refractivity contribution in [1.29, 1.82) is 0 Å². The smallest absolute Gasteiger partial charge is 0.341 e. The maximum Gasteiger partial charge on any atom is 0.341 e. The number of pyridine rings is 1. The number of nitrogens with one attached hydrogen (secondary N) is 1. The second-order valence-corrected chi connectivity index (χ2v) is 4.21. The van der Waals surface area contributed by atoms with Crippen molar-refractivity contribution in [2.45, 2.75) is 32.6 Å². The number of carbonyl (C=O) groups excluding carboxylic acids is 1. The van der Waals surface area contributed by atoms with E-state index in [4.69, 9.17) is 9.84 Å². The first-order valence-corrected chi connectivity index (χ1v) is 6.75. The Kier molecular flexibility index (Phi) is 7.58. The quantitative estimate of drug-likeness (QED) is 0.529. The van der Waals surface area contributed by atoms with Gasteiger partial charge in [0, 0.05) is 25.5 Å². The van der Waals surface area contributed by atoms with E-state index in [-0.39, 0.29) is 12.6 Å². The van der Waals surface area contributed by atoms with E-state index in [0.29, 0.717) is 12.2 Å². The number of rotatable bonds is 9. The zero-order valence-electron chi connectivity index (χ0n) is 11.4. The molecule has 0 bridgehead atoms. The van der Waals surface area contributed by atoms with Crippen LogP contribution in [0, 0.1) is 0 Å². The van der Waals surface area contributed by atoms with E-state index in [0.717, 1.165) is 37.9 Å². The fourth-order valence-corrected chi connectivity index (χ4v) is 1.73. The molecule has 0 unspecified atom stereocenters. The molecule has 0 radical (unpaired) electrons. The van der Waals surface area contributed by atoms with Gasteiger partial charge in [-0.25, -0.2) is 4.79 Å². The molecule has 106 valence electrons. The zero-order valence-corrected chi connectivity index (χ0v) is 11.4. The lowest BCUT2D eigenvalue weighted by Crippen LogP contribution is -2.11. The highest BCUT2D eigenvalue weighted by Crippen LogP contribution is 2.15. The molecule has 19 heavy (non-hydrogen) atoms. The van der Waals surface area contributed by atoms with Crippen LogP contribution in [0.25, 0.3) is 0 Å². The van der Waals surface area contributed by atoms with Crippen molar-refractivity contribution >= 4 is 11.7 Å². The van der Waals surface area contributed by atoms with Gasteiger partial charge in [0.05, 0.1) is 12.3 Å². The van der Waals surface area contributed by atoms with E-state index in [2.05, 4.69) is 10.3 Å². The van der Waals surface area contributed by atoms with Gasteiger partial charge in [-0.15, -0.1) is 0 Å². The average Bonchev–Trinajstić information content (AvgIpc) is 2.43. The van der Waals surface area contributed by atoms with Crippen molar-refractivity contribution in [2.75, 3.05) is 25.1 Å². The first kappa shape index (κ1) is 15.4. The maximum absolute atomic E-state index is 11.7. The van der Waals surface area contributed by atoms with Gasteiger partial charge in [0.15, 0.2) is 0 Å². The van der Waals surface area contributed by atoms with Crippen LogP contribution in [0.15, 0.2) is 18.5 Å². The van der Waals surface area contributed by atoms with Crippen molar-refractivity contribution < 1.29 is 14.6 Å². The number of ether oxygens (including phenoxy) is 1. The van der Waals surface area contributed by atoms with E-state index in [1.165, 1.54) is 6.20 Å². The van der Waals surface area contributed by atoms with Crippen molar-refractivity contribution in [3.63, 3.8) is 0 Å². The molecule has 5 nitrogen and oxygen atoms in total. The predicted molar refractivity (Wildman–Crippen MR) is 74.2 cm³/mol. The zero-order chi connectivity index (χ0) is 13.9. The van der Waals surface area contributed by atoms with Gasteiger partial charge in [-0.2, -0.15) is 0 Å². The number of nitrogens with zero attached hydrogens (tertiary/aromatic N) is 1. The number of aromatic nitrogens is 1. The molecule has 0 aromatic carbocycles. The van der Waals surface area contributed by atoms with Crippen LogP contribution < -0.4 is 5.32 Å². The number of hydrogen-bond donors (Lipinski definition) is 2. The number of carbonyl (C=O) groups is 1. The van der Waals surface area contributed by atoms with E-state index < -0.39 is 0 Å². The summed E-state index contributed by atoms with van der Waals surface area (Å²) < 4.78 is 4.98. The van der Waals surface area contributed by atoms with E-state index >= 15 is 0 Å². The molecule has 2 N–H and O–H groups in total. The molecule has 0 atom stereocenters. The Labute approximate surface area is 114 Å². The summed E-state index contributed by atoms with van der Waals surface area (Å²) >= 11 is 0. The van der Waals surface area contributed by atoms with Crippen LogP contribution in [0.3, 0.4) is 0 Å².